The summed E-state index contributed by atoms with van der Waals surface area (Å²) >= 11 is 0. The predicted octanol–water partition coefficient (Wildman–Crippen LogP) is 8.14. The molecule has 0 aliphatic rings. The standard InChI is InChI=1S/C32H52O4Si/c1-21(2)11-25-15-29(16-26(31(25)33)12-22(3)4)35-19-37(9,10)20-36-30-17-27(13-23(5)6)32(34)28(18-30)14-24(7)8/h15-18,21-24,33-34H,11-14,19-20H2,1-10H3. The highest BCUT2D eigenvalue weighted by Gasteiger charge is 2.25. The van der Waals surface area contributed by atoms with Crippen LogP contribution in [0.4, 0.5) is 0 Å². The first-order valence-electron chi connectivity index (χ1n) is 14.1. The number of phenolic OH excluding ortho intramolecular Hbond substituents is 2. The van der Waals surface area contributed by atoms with Gasteiger partial charge >= 0.3 is 0 Å². The number of benzene rings is 2. The highest BCUT2D eigenvalue weighted by molar-refractivity contribution is 6.77. The monoisotopic (exact) mass is 528 g/mol. The van der Waals surface area contributed by atoms with Crippen LogP contribution in [-0.2, 0) is 25.7 Å². The second kappa shape index (κ2) is 13.6. The SMILES string of the molecule is CC(C)Cc1cc(OC[Si](C)(C)COc2cc(CC(C)C)c(O)c(CC(C)C)c2)cc(CC(C)C)c1O. The van der Waals surface area contributed by atoms with Gasteiger partial charge in [-0.25, -0.2) is 0 Å². The third-order valence-electron chi connectivity index (χ3n) is 6.25. The van der Waals surface area contributed by atoms with E-state index in [1.807, 2.05) is 24.3 Å². The Bertz CT molecular complexity index is 866. The van der Waals surface area contributed by atoms with Crippen molar-refractivity contribution in [3.8, 4) is 23.0 Å². The summed E-state index contributed by atoms with van der Waals surface area (Å²) in [7, 11) is -1.86. The smallest absolute Gasteiger partial charge is 0.136 e. The summed E-state index contributed by atoms with van der Waals surface area (Å²) in [4.78, 5) is 0. The van der Waals surface area contributed by atoms with Gasteiger partial charge in [0.25, 0.3) is 0 Å². The quantitative estimate of drug-likeness (QED) is 0.243. The van der Waals surface area contributed by atoms with Gasteiger partial charge in [0, 0.05) is 0 Å². The van der Waals surface area contributed by atoms with Crippen molar-refractivity contribution in [3.63, 3.8) is 0 Å². The first kappa shape index (κ1) is 31.1. The zero-order valence-electron chi connectivity index (χ0n) is 25.1. The first-order chi connectivity index (χ1) is 17.2. The zero-order chi connectivity index (χ0) is 27.9. The maximum Gasteiger partial charge on any atom is 0.136 e. The molecule has 0 bridgehead atoms. The van der Waals surface area contributed by atoms with Gasteiger partial charge < -0.3 is 19.7 Å². The Hall–Kier alpha value is -2.14. The van der Waals surface area contributed by atoms with Crippen LogP contribution in [0.5, 0.6) is 23.0 Å². The van der Waals surface area contributed by atoms with Crippen molar-refractivity contribution >= 4 is 8.07 Å². The Labute approximate surface area is 227 Å². The lowest BCUT2D eigenvalue weighted by molar-refractivity contribution is 0.342. The molecule has 2 aromatic rings. The van der Waals surface area contributed by atoms with E-state index in [0.29, 0.717) is 47.6 Å². The molecule has 2 N–H and O–H groups in total. The largest absolute Gasteiger partial charge is 0.507 e. The minimum atomic E-state index is -1.86. The second-order valence-electron chi connectivity index (χ2n) is 13.3. The van der Waals surface area contributed by atoms with E-state index in [0.717, 1.165) is 59.4 Å². The molecule has 4 nitrogen and oxygen atoms in total. The summed E-state index contributed by atoms with van der Waals surface area (Å²) in [5.41, 5.74) is 3.88. The van der Waals surface area contributed by atoms with Gasteiger partial charge in [-0.2, -0.15) is 0 Å². The second-order valence-corrected chi connectivity index (χ2v) is 18.2. The molecule has 0 fully saturated rings. The Morgan fingerprint density at radius 3 is 1.00 bits per heavy atom. The average Bonchev–Trinajstić information content (AvgIpc) is 2.75. The normalized spacial score (nSPS) is 12.3. The van der Waals surface area contributed by atoms with Gasteiger partial charge in [-0.15, -0.1) is 0 Å². The summed E-state index contributed by atoms with van der Waals surface area (Å²) in [5.74, 6) is 4.36. The molecule has 2 rings (SSSR count). The van der Waals surface area contributed by atoms with E-state index in [1.54, 1.807) is 0 Å². The molecule has 0 atom stereocenters. The van der Waals surface area contributed by atoms with E-state index in [9.17, 15) is 10.2 Å². The number of phenols is 2. The molecule has 208 valence electrons. The summed E-state index contributed by atoms with van der Waals surface area (Å²) in [6, 6.07) is 8.06. The van der Waals surface area contributed by atoms with Gasteiger partial charge in [0.2, 0.25) is 0 Å². The van der Waals surface area contributed by atoms with Crippen molar-refractivity contribution in [2.24, 2.45) is 23.7 Å². The van der Waals surface area contributed by atoms with Crippen molar-refractivity contribution in [1.82, 2.24) is 0 Å². The van der Waals surface area contributed by atoms with Crippen molar-refractivity contribution in [3.05, 3.63) is 46.5 Å². The van der Waals surface area contributed by atoms with Crippen LogP contribution in [0.3, 0.4) is 0 Å². The van der Waals surface area contributed by atoms with Gasteiger partial charge in [0.1, 0.15) is 31.1 Å². The molecule has 2 aromatic carbocycles. The van der Waals surface area contributed by atoms with Crippen LogP contribution in [0.25, 0.3) is 0 Å². The molecule has 0 unspecified atom stereocenters. The third-order valence-corrected chi connectivity index (χ3v) is 8.11. The topological polar surface area (TPSA) is 58.9 Å². The van der Waals surface area contributed by atoms with E-state index in [2.05, 4.69) is 68.5 Å². The average molecular weight is 529 g/mol. The van der Waals surface area contributed by atoms with E-state index in [4.69, 9.17) is 9.47 Å². The van der Waals surface area contributed by atoms with Gasteiger partial charge in [0.05, 0.1) is 12.5 Å². The van der Waals surface area contributed by atoms with E-state index >= 15 is 0 Å². The molecule has 0 aliphatic carbocycles. The highest BCUT2D eigenvalue weighted by Crippen LogP contribution is 2.34. The minimum Gasteiger partial charge on any atom is -0.507 e. The number of aromatic hydroxyl groups is 2. The fraction of sp³-hybridized carbons (Fsp3) is 0.625. The summed E-state index contributed by atoms with van der Waals surface area (Å²) in [6.45, 7) is 21.9. The van der Waals surface area contributed by atoms with Crippen LogP contribution in [0.2, 0.25) is 13.1 Å². The van der Waals surface area contributed by atoms with Crippen molar-refractivity contribution in [2.75, 3.05) is 12.5 Å². The maximum atomic E-state index is 10.8. The van der Waals surface area contributed by atoms with Crippen LogP contribution in [0.1, 0.15) is 77.6 Å². The Balaban J connectivity index is 2.17. The number of rotatable bonds is 14. The van der Waals surface area contributed by atoms with Crippen LogP contribution < -0.4 is 9.47 Å². The van der Waals surface area contributed by atoms with Crippen LogP contribution in [0.15, 0.2) is 24.3 Å². The lowest BCUT2D eigenvalue weighted by atomic mass is 9.95. The van der Waals surface area contributed by atoms with Crippen LogP contribution in [-0.4, -0.2) is 30.7 Å². The fourth-order valence-electron chi connectivity index (χ4n) is 4.60. The number of hydrogen-bond donors (Lipinski definition) is 2. The molecule has 0 amide bonds. The van der Waals surface area contributed by atoms with E-state index in [-0.39, 0.29) is 0 Å². The van der Waals surface area contributed by atoms with Gasteiger partial charge in [-0.1, -0.05) is 68.5 Å². The lowest BCUT2D eigenvalue weighted by Crippen LogP contribution is -2.41. The number of ether oxygens (including phenoxy) is 2. The van der Waals surface area contributed by atoms with Gasteiger partial charge in [-0.3, -0.25) is 0 Å². The molecular weight excluding hydrogens is 476 g/mol. The molecule has 5 heteroatoms. The molecular formula is C32H52O4Si. The molecule has 0 heterocycles. The fourth-order valence-corrected chi connectivity index (χ4v) is 5.80. The highest BCUT2D eigenvalue weighted by atomic mass is 28.3. The third kappa shape index (κ3) is 10.3. The predicted molar refractivity (Wildman–Crippen MR) is 159 cm³/mol. The van der Waals surface area contributed by atoms with Crippen LogP contribution >= 0.6 is 0 Å². The molecule has 0 saturated heterocycles. The Morgan fingerprint density at radius 2 is 0.784 bits per heavy atom. The van der Waals surface area contributed by atoms with Crippen molar-refractivity contribution in [2.45, 2.75) is 94.2 Å². The zero-order valence-corrected chi connectivity index (χ0v) is 26.1. The van der Waals surface area contributed by atoms with E-state index in [1.165, 1.54) is 0 Å². The maximum absolute atomic E-state index is 10.8. The Morgan fingerprint density at radius 1 is 0.541 bits per heavy atom. The van der Waals surface area contributed by atoms with Gasteiger partial charge in [0.15, 0.2) is 0 Å². The minimum absolute atomic E-state index is 0.427. The number of hydrogen-bond acceptors (Lipinski definition) is 4. The van der Waals surface area contributed by atoms with Crippen LogP contribution in [0, 0.1) is 23.7 Å². The summed E-state index contributed by atoms with van der Waals surface area (Å²) in [5, 5.41) is 21.7. The molecule has 0 aliphatic heterocycles. The van der Waals surface area contributed by atoms with Crippen molar-refractivity contribution < 1.29 is 19.7 Å². The molecule has 37 heavy (non-hydrogen) atoms. The molecule has 0 aromatic heterocycles. The molecule has 0 radical (unpaired) electrons. The summed E-state index contributed by atoms with van der Waals surface area (Å²) in [6.07, 6.45) is 4.59. The first-order valence-corrected chi connectivity index (χ1v) is 17.5. The van der Waals surface area contributed by atoms with Gasteiger partial charge in [-0.05, 0) is 95.9 Å². The van der Waals surface area contributed by atoms with E-state index < -0.39 is 8.07 Å². The molecule has 0 saturated carbocycles. The Kier molecular flexibility index (Phi) is 11.4. The lowest BCUT2D eigenvalue weighted by Gasteiger charge is -2.24. The molecule has 0 spiro atoms. The summed E-state index contributed by atoms with van der Waals surface area (Å²) < 4.78 is 12.7. The van der Waals surface area contributed by atoms with Crippen molar-refractivity contribution in [1.29, 1.82) is 0 Å².